The van der Waals surface area contributed by atoms with E-state index in [0.29, 0.717) is 23.6 Å². The molecule has 1 heterocycles. The molecule has 0 aromatic carbocycles. The van der Waals surface area contributed by atoms with Gasteiger partial charge in [0.2, 0.25) is 6.29 Å². The van der Waals surface area contributed by atoms with Gasteiger partial charge in [-0.15, -0.1) is 0 Å². The second kappa shape index (κ2) is 6.05. The number of hydrogen-bond donors (Lipinski definition) is 1. The number of pyridine rings is 1. The Morgan fingerprint density at radius 2 is 2.12 bits per heavy atom. The van der Waals surface area contributed by atoms with Crippen molar-refractivity contribution in [1.29, 1.82) is 5.26 Å². The molecule has 0 fully saturated rings. The average molecular weight is 221 g/mol. The smallest absolute Gasteiger partial charge is 0.200 e. The molecule has 0 aliphatic rings. The second-order valence-electron chi connectivity index (χ2n) is 3.08. The molecule has 16 heavy (non-hydrogen) atoms. The van der Waals surface area contributed by atoms with Crippen LogP contribution in [0, 0.1) is 11.3 Å². The molecule has 0 aliphatic carbocycles. The molecule has 0 radical (unpaired) electrons. The lowest BCUT2D eigenvalue weighted by Gasteiger charge is -2.14. The van der Waals surface area contributed by atoms with Gasteiger partial charge in [-0.1, -0.05) is 0 Å². The highest BCUT2D eigenvalue weighted by Gasteiger charge is 2.13. The molecular weight excluding hydrogens is 206 g/mol. The maximum absolute atomic E-state index is 8.90. The minimum atomic E-state index is -0.509. The van der Waals surface area contributed by atoms with Gasteiger partial charge in [-0.05, 0) is 19.1 Å². The SMILES string of the molecule is CCNc1nc(C(OC)OC)ccc1C#N. The number of nitriles is 1. The maximum Gasteiger partial charge on any atom is 0.200 e. The standard InChI is InChI=1S/C11H15N3O2/c1-4-13-10-8(7-12)5-6-9(14-10)11(15-2)16-3/h5-6,11H,4H2,1-3H3,(H,13,14). The summed E-state index contributed by atoms with van der Waals surface area (Å²) in [5.41, 5.74) is 1.15. The molecule has 0 bridgehead atoms. The summed E-state index contributed by atoms with van der Waals surface area (Å²) in [5, 5.41) is 11.9. The van der Waals surface area contributed by atoms with Crippen LogP contribution in [0.4, 0.5) is 5.82 Å². The Morgan fingerprint density at radius 3 is 2.62 bits per heavy atom. The Labute approximate surface area is 95.0 Å². The second-order valence-corrected chi connectivity index (χ2v) is 3.08. The lowest BCUT2D eigenvalue weighted by Crippen LogP contribution is -2.09. The quantitative estimate of drug-likeness (QED) is 0.766. The van der Waals surface area contributed by atoms with Gasteiger partial charge in [-0.3, -0.25) is 0 Å². The number of hydrogen-bond acceptors (Lipinski definition) is 5. The average Bonchev–Trinajstić information content (AvgIpc) is 2.31. The number of anilines is 1. The van der Waals surface area contributed by atoms with Crippen molar-refractivity contribution in [3.63, 3.8) is 0 Å². The molecule has 86 valence electrons. The van der Waals surface area contributed by atoms with Crippen molar-refractivity contribution in [1.82, 2.24) is 4.98 Å². The summed E-state index contributed by atoms with van der Waals surface area (Å²) < 4.78 is 10.2. The van der Waals surface area contributed by atoms with Gasteiger partial charge >= 0.3 is 0 Å². The largest absolute Gasteiger partial charge is 0.369 e. The molecule has 1 aromatic rings. The predicted molar refractivity (Wildman–Crippen MR) is 59.9 cm³/mol. The highest BCUT2D eigenvalue weighted by atomic mass is 16.7. The van der Waals surface area contributed by atoms with Crippen LogP contribution in [0.3, 0.4) is 0 Å². The van der Waals surface area contributed by atoms with Crippen LogP contribution in [-0.2, 0) is 9.47 Å². The zero-order chi connectivity index (χ0) is 12.0. The number of nitrogens with one attached hydrogen (secondary N) is 1. The zero-order valence-electron chi connectivity index (χ0n) is 9.65. The molecule has 0 saturated carbocycles. The van der Waals surface area contributed by atoms with Gasteiger partial charge in [0.15, 0.2) is 0 Å². The van der Waals surface area contributed by atoms with Gasteiger partial charge in [0.05, 0.1) is 11.3 Å². The monoisotopic (exact) mass is 221 g/mol. The van der Waals surface area contributed by atoms with Crippen molar-refractivity contribution in [3.05, 3.63) is 23.4 Å². The maximum atomic E-state index is 8.90. The molecule has 0 saturated heterocycles. The lowest BCUT2D eigenvalue weighted by atomic mass is 10.2. The third-order valence-corrected chi connectivity index (χ3v) is 2.05. The summed E-state index contributed by atoms with van der Waals surface area (Å²) >= 11 is 0. The van der Waals surface area contributed by atoms with E-state index in [9.17, 15) is 0 Å². The molecule has 5 heteroatoms. The van der Waals surface area contributed by atoms with Crippen LogP contribution in [0.15, 0.2) is 12.1 Å². The zero-order valence-corrected chi connectivity index (χ0v) is 9.65. The summed E-state index contributed by atoms with van der Waals surface area (Å²) in [4.78, 5) is 4.29. The van der Waals surface area contributed by atoms with Crippen molar-refractivity contribution >= 4 is 5.82 Å². The third kappa shape index (κ3) is 2.69. The van der Waals surface area contributed by atoms with Crippen LogP contribution in [0.1, 0.15) is 24.5 Å². The minimum Gasteiger partial charge on any atom is -0.369 e. The van der Waals surface area contributed by atoms with Gasteiger partial charge in [0, 0.05) is 20.8 Å². The molecule has 5 nitrogen and oxygen atoms in total. The third-order valence-electron chi connectivity index (χ3n) is 2.05. The van der Waals surface area contributed by atoms with E-state index in [2.05, 4.69) is 16.4 Å². The minimum absolute atomic E-state index is 0.509. The lowest BCUT2D eigenvalue weighted by molar-refractivity contribution is -0.108. The van der Waals surface area contributed by atoms with Gasteiger partial charge < -0.3 is 14.8 Å². The highest BCUT2D eigenvalue weighted by molar-refractivity contribution is 5.52. The fraction of sp³-hybridized carbons (Fsp3) is 0.455. The van der Waals surface area contributed by atoms with Crippen LogP contribution in [0.25, 0.3) is 0 Å². The Bertz CT molecular complexity index is 383. The summed E-state index contributed by atoms with van der Waals surface area (Å²) in [6.45, 7) is 2.65. The van der Waals surface area contributed by atoms with E-state index in [1.165, 1.54) is 0 Å². The summed E-state index contributed by atoms with van der Waals surface area (Å²) in [6.07, 6.45) is -0.509. The summed E-state index contributed by atoms with van der Waals surface area (Å²) in [5.74, 6) is 0.557. The van der Waals surface area contributed by atoms with E-state index in [1.54, 1.807) is 26.4 Å². The molecule has 0 amide bonds. The van der Waals surface area contributed by atoms with Crippen LogP contribution in [0.2, 0.25) is 0 Å². The number of aromatic nitrogens is 1. The topological polar surface area (TPSA) is 67.2 Å². The van der Waals surface area contributed by atoms with E-state index < -0.39 is 6.29 Å². The molecule has 1 aromatic heterocycles. The normalized spacial score (nSPS) is 10.2. The Kier molecular flexibility index (Phi) is 4.70. The van der Waals surface area contributed by atoms with Gasteiger partial charge in [0.1, 0.15) is 11.9 Å². The molecule has 0 atom stereocenters. The van der Waals surface area contributed by atoms with Crippen molar-refractivity contribution in [3.8, 4) is 6.07 Å². The molecule has 1 N–H and O–H groups in total. The van der Waals surface area contributed by atoms with Gasteiger partial charge in [0.25, 0.3) is 0 Å². The first-order valence-electron chi connectivity index (χ1n) is 4.97. The number of methoxy groups -OCH3 is 2. The van der Waals surface area contributed by atoms with Crippen molar-refractivity contribution in [2.24, 2.45) is 0 Å². The van der Waals surface area contributed by atoms with E-state index in [1.807, 2.05) is 6.92 Å². The van der Waals surface area contributed by atoms with Crippen molar-refractivity contribution in [2.75, 3.05) is 26.1 Å². The van der Waals surface area contributed by atoms with Gasteiger partial charge in [-0.2, -0.15) is 5.26 Å². The molecule has 1 rings (SSSR count). The number of rotatable bonds is 5. The molecule has 0 unspecified atom stereocenters. The summed E-state index contributed by atoms with van der Waals surface area (Å²) in [7, 11) is 3.09. The predicted octanol–water partition coefficient (Wildman–Crippen LogP) is 1.68. The number of nitrogens with zero attached hydrogens (tertiary/aromatic N) is 2. The van der Waals surface area contributed by atoms with E-state index in [-0.39, 0.29) is 0 Å². The molecular formula is C11H15N3O2. The fourth-order valence-electron chi connectivity index (χ4n) is 1.34. The van der Waals surface area contributed by atoms with E-state index in [0.717, 1.165) is 0 Å². The van der Waals surface area contributed by atoms with E-state index in [4.69, 9.17) is 14.7 Å². The van der Waals surface area contributed by atoms with Crippen LogP contribution in [-0.4, -0.2) is 25.7 Å². The molecule has 0 aliphatic heterocycles. The van der Waals surface area contributed by atoms with Crippen molar-refractivity contribution in [2.45, 2.75) is 13.2 Å². The van der Waals surface area contributed by atoms with Crippen LogP contribution >= 0.6 is 0 Å². The fourth-order valence-corrected chi connectivity index (χ4v) is 1.34. The van der Waals surface area contributed by atoms with Gasteiger partial charge in [-0.25, -0.2) is 4.98 Å². The van der Waals surface area contributed by atoms with Crippen LogP contribution in [0.5, 0.6) is 0 Å². The highest BCUT2D eigenvalue weighted by Crippen LogP contribution is 2.19. The number of ether oxygens (including phenoxy) is 2. The Morgan fingerprint density at radius 1 is 1.44 bits per heavy atom. The van der Waals surface area contributed by atoms with E-state index >= 15 is 0 Å². The Balaban J connectivity index is 3.06. The first-order valence-corrected chi connectivity index (χ1v) is 4.97. The first kappa shape index (κ1) is 12.4. The van der Waals surface area contributed by atoms with Crippen molar-refractivity contribution < 1.29 is 9.47 Å². The molecule has 0 spiro atoms. The summed E-state index contributed by atoms with van der Waals surface area (Å²) in [6, 6.07) is 5.49. The van der Waals surface area contributed by atoms with Crippen LogP contribution < -0.4 is 5.32 Å². The Hall–Kier alpha value is -1.64. The first-order chi connectivity index (χ1) is 7.76.